The third kappa shape index (κ3) is 4.08. The first-order valence-electron chi connectivity index (χ1n) is 10.0. The molecule has 1 aliphatic heterocycles. The Bertz CT molecular complexity index is 1110. The minimum atomic E-state index is -0.781. The lowest BCUT2D eigenvalue weighted by molar-refractivity contribution is -0.139. The van der Waals surface area contributed by atoms with Crippen LogP contribution in [0.25, 0.3) is 0 Å². The van der Waals surface area contributed by atoms with Gasteiger partial charge in [-0.15, -0.1) is 0 Å². The lowest BCUT2D eigenvalue weighted by Crippen LogP contribution is -2.33. The molecule has 4 rings (SSSR count). The van der Waals surface area contributed by atoms with Crippen molar-refractivity contribution in [2.75, 3.05) is 6.61 Å². The van der Waals surface area contributed by atoms with Gasteiger partial charge < -0.3 is 15.2 Å². The van der Waals surface area contributed by atoms with Crippen molar-refractivity contribution in [3.8, 4) is 0 Å². The number of allylic oxidation sites excluding steroid dienone is 2. The summed E-state index contributed by atoms with van der Waals surface area (Å²) in [7, 11) is 0. The fourth-order valence-corrected chi connectivity index (χ4v) is 4.74. The molecule has 1 heterocycles. The van der Waals surface area contributed by atoms with Crippen LogP contribution in [0.3, 0.4) is 0 Å². The second kappa shape index (κ2) is 8.77. The van der Waals surface area contributed by atoms with E-state index in [0.717, 1.165) is 5.56 Å². The maximum absolute atomic E-state index is 13.4. The number of halogens is 2. The summed E-state index contributed by atoms with van der Waals surface area (Å²) in [5.41, 5.74) is 8.28. The van der Waals surface area contributed by atoms with Crippen LogP contribution >= 0.6 is 23.2 Å². The van der Waals surface area contributed by atoms with Crippen LogP contribution in [0.5, 0.6) is 0 Å². The lowest BCUT2D eigenvalue weighted by Gasteiger charge is -2.35. The molecule has 0 spiro atoms. The normalized spacial score (nSPS) is 20.9. The molecule has 0 radical (unpaired) electrons. The summed E-state index contributed by atoms with van der Waals surface area (Å²) in [6.07, 6.45) is 0.785. The summed E-state index contributed by atoms with van der Waals surface area (Å²) >= 11 is 12.6. The Morgan fingerprint density at radius 3 is 2.58 bits per heavy atom. The van der Waals surface area contributed by atoms with Gasteiger partial charge in [0.05, 0.1) is 12.5 Å². The van der Waals surface area contributed by atoms with Crippen LogP contribution < -0.4 is 5.73 Å². The number of benzene rings is 2. The molecule has 2 N–H and O–H groups in total. The first kappa shape index (κ1) is 21.5. The van der Waals surface area contributed by atoms with Crippen LogP contribution in [0.2, 0.25) is 10.0 Å². The van der Waals surface area contributed by atoms with E-state index in [1.54, 1.807) is 25.1 Å². The average molecular weight is 458 g/mol. The van der Waals surface area contributed by atoms with E-state index in [9.17, 15) is 9.59 Å². The fourth-order valence-electron chi connectivity index (χ4n) is 4.22. The standard InChI is InChI=1S/C24H21Cl2NO4/c1-2-30-24(29)22-20(16-9-8-15(25)12-17(16)26)21-18(28)10-14(11-19(21)31-23(22)27)13-6-4-3-5-7-13/h3-9,12,14,20H,2,10-11,27H2,1H3. The Morgan fingerprint density at radius 1 is 1.16 bits per heavy atom. The van der Waals surface area contributed by atoms with E-state index in [1.165, 1.54) is 0 Å². The van der Waals surface area contributed by atoms with Crippen molar-refractivity contribution in [1.82, 2.24) is 0 Å². The molecule has 5 nitrogen and oxygen atoms in total. The number of Topliss-reactive ketones (excluding diaryl/α,β-unsaturated/α-hetero) is 1. The topological polar surface area (TPSA) is 78.6 Å². The molecular formula is C24H21Cl2NO4. The number of nitrogens with two attached hydrogens (primary N) is 1. The van der Waals surface area contributed by atoms with E-state index >= 15 is 0 Å². The van der Waals surface area contributed by atoms with Crippen LogP contribution in [-0.2, 0) is 19.1 Å². The van der Waals surface area contributed by atoms with Crippen molar-refractivity contribution in [3.05, 3.63) is 92.5 Å². The molecule has 2 aromatic carbocycles. The van der Waals surface area contributed by atoms with E-state index in [4.69, 9.17) is 38.4 Å². The summed E-state index contributed by atoms with van der Waals surface area (Å²) in [5, 5.41) is 0.780. The van der Waals surface area contributed by atoms with Gasteiger partial charge in [-0.05, 0) is 36.1 Å². The Balaban J connectivity index is 1.84. The zero-order valence-corrected chi connectivity index (χ0v) is 18.4. The summed E-state index contributed by atoms with van der Waals surface area (Å²) in [6, 6.07) is 14.7. The maximum atomic E-state index is 13.4. The number of ether oxygens (including phenoxy) is 2. The highest BCUT2D eigenvalue weighted by molar-refractivity contribution is 6.35. The number of hydrogen-bond donors (Lipinski definition) is 1. The zero-order chi connectivity index (χ0) is 22.1. The summed E-state index contributed by atoms with van der Waals surface area (Å²) in [5.74, 6) is -1.18. The Morgan fingerprint density at radius 2 is 1.90 bits per heavy atom. The first-order valence-corrected chi connectivity index (χ1v) is 10.8. The molecule has 160 valence electrons. The third-order valence-corrected chi connectivity index (χ3v) is 6.14. The highest BCUT2D eigenvalue weighted by Crippen LogP contribution is 2.48. The molecule has 31 heavy (non-hydrogen) atoms. The predicted octanol–water partition coefficient (Wildman–Crippen LogP) is 5.24. The van der Waals surface area contributed by atoms with E-state index in [-0.39, 0.29) is 29.8 Å². The number of carbonyl (C=O) groups excluding carboxylic acids is 2. The number of esters is 1. The van der Waals surface area contributed by atoms with Gasteiger partial charge in [0.25, 0.3) is 0 Å². The first-order chi connectivity index (χ1) is 14.9. The van der Waals surface area contributed by atoms with E-state index in [0.29, 0.717) is 39.8 Å². The van der Waals surface area contributed by atoms with Crippen LogP contribution in [-0.4, -0.2) is 18.4 Å². The van der Waals surface area contributed by atoms with Gasteiger partial charge in [0.15, 0.2) is 5.78 Å². The number of ketones is 1. The van der Waals surface area contributed by atoms with Crippen LogP contribution in [0, 0.1) is 0 Å². The minimum Gasteiger partial charge on any atom is -0.462 e. The average Bonchev–Trinajstić information content (AvgIpc) is 2.73. The molecular weight excluding hydrogens is 437 g/mol. The fraction of sp³-hybridized carbons (Fsp3) is 0.250. The van der Waals surface area contributed by atoms with Gasteiger partial charge in [0, 0.05) is 28.5 Å². The Kier molecular flexibility index (Phi) is 6.08. The molecule has 0 saturated heterocycles. The molecule has 0 aromatic heterocycles. The van der Waals surface area contributed by atoms with E-state index < -0.39 is 11.9 Å². The Hall–Kier alpha value is -2.76. The second-order valence-corrected chi connectivity index (χ2v) is 8.32. The van der Waals surface area contributed by atoms with Crippen molar-refractivity contribution in [1.29, 1.82) is 0 Å². The number of hydrogen-bond acceptors (Lipinski definition) is 5. The second-order valence-electron chi connectivity index (χ2n) is 7.48. The van der Waals surface area contributed by atoms with Crippen LogP contribution in [0.4, 0.5) is 0 Å². The summed E-state index contributed by atoms with van der Waals surface area (Å²) < 4.78 is 11.1. The van der Waals surface area contributed by atoms with Crippen LogP contribution in [0.1, 0.15) is 42.7 Å². The molecule has 2 aliphatic rings. The molecule has 2 aromatic rings. The molecule has 2 atom stereocenters. The van der Waals surface area contributed by atoms with Gasteiger partial charge in [-0.2, -0.15) is 0 Å². The van der Waals surface area contributed by atoms with Crippen molar-refractivity contribution in [2.45, 2.75) is 31.6 Å². The molecule has 0 fully saturated rings. The SMILES string of the molecule is CCOC(=O)C1=C(N)OC2=C(C(=O)CC(c3ccccc3)C2)C1c1ccc(Cl)cc1Cl. The highest BCUT2D eigenvalue weighted by Gasteiger charge is 2.44. The summed E-state index contributed by atoms with van der Waals surface area (Å²) in [4.78, 5) is 26.2. The largest absolute Gasteiger partial charge is 0.462 e. The number of carbonyl (C=O) groups is 2. The van der Waals surface area contributed by atoms with Gasteiger partial charge in [0.2, 0.25) is 5.88 Å². The quantitative estimate of drug-likeness (QED) is 0.634. The van der Waals surface area contributed by atoms with Crippen molar-refractivity contribution in [3.63, 3.8) is 0 Å². The van der Waals surface area contributed by atoms with Crippen LogP contribution in [0.15, 0.2) is 71.3 Å². The molecule has 0 bridgehead atoms. The van der Waals surface area contributed by atoms with Gasteiger partial charge in [0.1, 0.15) is 11.3 Å². The van der Waals surface area contributed by atoms with Gasteiger partial charge >= 0.3 is 5.97 Å². The van der Waals surface area contributed by atoms with E-state index in [2.05, 4.69) is 0 Å². The molecule has 7 heteroatoms. The third-order valence-electron chi connectivity index (χ3n) is 5.58. The zero-order valence-electron chi connectivity index (χ0n) is 16.9. The lowest BCUT2D eigenvalue weighted by atomic mass is 9.73. The van der Waals surface area contributed by atoms with Gasteiger partial charge in [-0.25, -0.2) is 4.79 Å². The monoisotopic (exact) mass is 457 g/mol. The van der Waals surface area contributed by atoms with Crippen molar-refractivity contribution >= 4 is 35.0 Å². The van der Waals surface area contributed by atoms with Gasteiger partial charge in [-0.3, -0.25) is 4.79 Å². The highest BCUT2D eigenvalue weighted by atomic mass is 35.5. The van der Waals surface area contributed by atoms with Gasteiger partial charge in [-0.1, -0.05) is 59.6 Å². The smallest absolute Gasteiger partial charge is 0.340 e. The number of rotatable bonds is 4. The molecule has 1 aliphatic carbocycles. The van der Waals surface area contributed by atoms with Crippen molar-refractivity contribution in [2.24, 2.45) is 5.73 Å². The molecule has 2 unspecified atom stereocenters. The minimum absolute atomic E-state index is 0.0364. The predicted molar refractivity (Wildman–Crippen MR) is 119 cm³/mol. The summed E-state index contributed by atoms with van der Waals surface area (Å²) in [6.45, 7) is 1.86. The van der Waals surface area contributed by atoms with E-state index in [1.807, 2.05) is 30.3 Å². The van der Waals surface area contributed by atoms with Crippen molar-refractivity contribution < 1.29 is 19.1 Å². The maximum Gasteiger partial charge on any atom is 0.340 e. The molecule has 0 amide bonds. The Labute approximate surface area is 190 Å². The molecule has 0 saturated carbocycles.